The largest absolute Gasteiger partial charge is 0.328 e. The van der Waals surface area contributed by atoms with Crippen molar-refractivity contribution in [3.63, 3.8) is 0 Å². The van der Waals surface area contributed by atoms with E-state index in [9.17, 15) is 9.59 Å². The minimum atomic E-state index is 0.00984. The highest BCUT2D eigenvalue weighted by atomic mass is 16.2. The van der Waals surface area contributed by atoms with E-state index in [4.69, 9.17) is 5.73 Å². The van der Waals surface area contributed by atoms with Crippen molar-refractivity contribution in [3.05, 3.63) is 23.8 Å². The molecule has 1 aliphatic carbocycles. The number of hydrogen-bond donors (Lipinski definition) is 3. The fourth-order valence-corrected chi connectivity index (χ4v) is 2.95. The Balaban J connectivity index is 1.70. The molecule has 1 heterocycles. The Morgan fingerprint density at radius 2 is 2.15 bits per heavy atom. The molecule has 0 saturated heterocycles. The first-order valence-electron chi connectivity index (χ1n) is 7.11. The third-order valence-corrected chi connectivity index (χ3v) is 4.12. The van der Waals surface area contributed by atoms with Gasteiger partial charge in [0.1, 0.15) is 0 Å². The Bertz CT molecular complexity index is 556. The maximum Gasteiger partial charge on any atom is 0.227 e. The molecule has 1 saturated carbocycles. The molecule has 2 aliphatic rings. The fraction of sp³-hybridized carbons (Fsp3) is 0.467. The molecule has 2 amide bonds. The van der Waals surface area contributed by atoms with Crippen LogP contribution in [-0.4, -0.2) is 17.9 Å². The van der Waals surface area contributed by atoms with Crippen LogP contribution >= 0.6 is 0 Å². The molecule has 4 N–H and O–H groups in total. The highest BCUT2D eigenvalue weighted by molar-refractivity contribution is 5.97. The average molecular weight is 273 g/mol. The minimum absolute atomic E-state index is 0.00984. The standard InChI is InChI=1S/C15H19N3O2/c16-11-4-1-10(7-11)15(20)17-12-5-2-9-3-6-14(19)18-13(9)8-12/h2,5,8,10-11H,1,3-4,6-7,16H2,(H,17,20)(H,18,19). The quantitative estimate of drug-likeness (QED) is 0.765. The predicted molar refractivity (Wildman–Crippen MR) is 77.3 cm³/mol. The molecule has 0 radical (unpaired) electrons. The molecular formula is C15H19N3O2. The third kappa shape index (κ3) is 2.67. The summed E-state index contributed by atoms with van der Waals surface area (Å²) in [5.74, 6) is 0.0680. The summed E-state index contributed by atoms with van der Waals surface area (Å²) in [5, 5.41) is 5.76. The molecule has 20 heavy (non-hydrogen) atoms. The first-order valence-corrected chi connectivity index (χ1v) is 7.11. The number of aryl methyl sites for hydroxylation is 1. The second-order valence-electron chi connectivity index (χ2n) is 5.68. The van der Waals surface area contributed by atoms with Gasteiger partial charge in [-0.25, -0.2) is 0 Å². The number of carbonyl (C=O) groups excluding carboxylic acids is 2. The second-order valence-corrected chi connectivity index (χ2v) is 5.68. The van der Waals surface area contributed by atoms with Crippen molar-refractivity contribution in [2.45, 2.75) is 38.1 Å². The summed E-state index contributed by atoms with van der Waals surface area (Å²) in [5.41, 5.74) is 8.49. The van der Waals surface area contributed by atoms with Crippen LogP contribution in [0.25, 0.3) is 0 Å². The van der Waals surface area contributed by atoms with Crippen LogP contribution < -0.4 is 16.4 Å². The zero-order valence-corrected chi connectivity index (χ0v) is 11.3. The van der Waals surface area contributed by atoms with Crippen LogP contribution in [0.3, 0.4) is 0 Å². The smallest absolute Gasteiger partial charge is 0.227 e. The van der Waals surface area contributed by atoms with E-state index in [-0.39, 0.29) is 23.8 Å². The molecule has 1 aromatic carbocycles. The lowest BCUT2D eigenvalue weighted by Gasteiger charge is -2.18. The molecule has 0 bridgehead atoms. The van der Waals surface area contributed by atoms with Gasteiger partial charge in [-0.2, -0.15) is 0 Å². The summed E-state index contributed by atoms with van der Waals surface area (Å²) >= 11 is 0. The van der Waals surface area contributed by atoms with Crippen molar-refractivity contribution in [3.8, 4) is 0 Å². The molecule has 1 aliphatic heterocycles. The van der Waals surface area contributed by atoms with Crippen LogP contribution in [-0.2, 0) is 16.0 Å². The van der Waals surface area contributed by atoms with Gasteiger partial charge in [-0.3, -0.25) is 9.59 Å². The van der Waals surface area contributed by atoms with Gasteiger partial charge in [0, 0.05) is 29.8 Å². The van der Waals surface area contributed by atoms with Gasteiger partial charge in [0.2, 0.25) is 11.8 Å². The number of nitrogens with two attached hydrogens (primary N) is 1. The van der Waals surface area contributed by atoms with Crippen LogP contribution in [0, 0.1) is 5.92 Å². The lowest BCUT2D eigenvalue weighted by atomic mass is 10.0. The zero-order valence-electron chi connectivity index (χ0n) is 11.3. The number of benzene rings is 1. The summed E-state index contributed by atoms with van der Waals surface area (Å²) < 4.78 is 0. The van der Waals surface area contributed by atoms with E-state index in [0.717, 1.165) is 42.6 Å². The molecule has 0 spiro atoms. The number of rotatable bonds is 2. The normalized spacial score (nSPS) is 24.9. The van der Waals surface area contributed by atoms with Gasteiger partial charge in [-0.05, 0) is 43.4 Å². The summed E-state index contributed by atoms with van der Waals surface area (Å²) in [6, 6.07) is 5.83. The van der Waals surface area contributed by atoms with Crippen molar-refractivity contribution in [1.82, 2.24) is 0 Å². The molecule has 3 rings (SSSR count). The number of amides is 2. The average Bonchev–Trinajstić information content (AvgIpc) is 2.85. The first-order chi connectivity index (χ1) is 9.61. The molecule has 1 fully saturated rings. The Hall–Kier alpha value is -1.88. The topological polar surface area (TPSA) is 84.2 Å². The van der Waals surface area contributed by atoms with Gasteiger partial charge in [0.15, 0.2) is 0 Å². The maximum absolute atomic E-state index is 12.1. The van der Waals surface area contributed by atoms with Crippen molar-refractivity contribution < 1.29 is 9.59 Å². The third-order valence-electron chi connectivity index (χ3n) is 4.12. The summed E-state index contributed by atoms with van der Waals surface area (Å²) in [7, 11) is 0. The fourth-order valence-electron chi connectivity index (χ4n) is 2.95. The SMILES string of the molecule is NC1CCC(C(=O)Nc2ccc3c(c2)NC(=O)CC3)C1. The summed E-state index contributed by atoms with van der Waals surface area (Å²) in [6.07, 6.45) is 3.81. The van der Waals surface area contributed by atoms with Gasteiger partial charge >= 0.3 is 0 Å². The van der Waals surface area contributed by atoms with Gasteiger partial charge in [0.05, 0.1) is 0 Å². The van der Waals surface area contributed by atoms with Crippen molar-refractivity contribution in [2.75, 3.05) is 10.6 Å². The van der Waals surface area contributed by atoms with Crippen LogP contribution in [0.1, 0.15) is 31.2 Å². The van der Waals surface area contributed by atoms with Gasteiger partial charge in [-0.1, -0.05) is 6.07 Å². The number of hydrogen-bond acceptors (Lipinski definition) is 3. The van der Waals surface area contributed by atoms with Gasteiger partial charge < -0.3 is 16.4 Å². The van der Waals surface area contributed by atoms with Crippen molar-refractivity contribution in [2.24, 2.45) is 11.7 Å². The molecule has 106 valence electrons. The highest BCUT2D eigenvalue weighted by Crippen LogP contribution is 2.28. The van der Waals surface area contributed by atoms with Crippen LogP contribution in [0.2, 0.25) is 0 Å². The summed E-state index contributed by atoms with van der Waals surface area (Å²) in [4.78, 5) is 23.5. The summed E-state index contributed by atoms with van der Waals surface area (Å²) in [6.45, 7) is 0. The number of carbonyl (C=O) groups is 2. The molecule has 2 unspecified atom stereocenters. The molecule has 2 atom stereocenters. The predicted octanol–water partition coefficient (Wildman–Crippen LogP) is 1.64. The number of anilines is 2. The molecule has 0 aromatic heterocycles. The van der Waals surface area contributed by atoms with E-state index >= 15 is 0 Å². The lowest BCUT2D eigenvalue weighted by Crippen LogP contribution is -2.23. The zero-order chi connectivity index (χ0) is 14.1. The Morgan fingerprint density at radius 3 is 2.90 bits per heavy atom. The molecule has 5 heteroatoms. The highest BCUT2D eigenvalue weighted by Gasteiger charge is 2.27. The monoisotopic (exact) mass is 273 g/mol. The van der Waals surface area contributed by atoms with Crippen molar-refractivity contribution >= 4 is 23.2 Å². The molecule has 1 aromatic rings. The lowest BCUT2D eigenvalue weighted by molar-refractivity contribution is -0.119. The van der Waals surface area contributed by atoms with E-state index in [0.29, 0.717) is 6.42 Å². The molecular weight excluding hydrogens is 254 g/mol. The molecule has 5 nitrogen and oxygen atoms in total. The minimum Gasteiger partial charge on any atom is -0.328 e. The van der Waals surface area contributed by atoms with Crippen molar-refractivity contribution in [1.29, 1.82) is 0 Å². The van der Waals surface area contributed by atoms with E-state index in [2.05, 4.69) is 10.6 Å². The van der Waals surface area contributed by atoms with Crippen LogP contribution in [0.15, 0.2) is 18.2 Å². The van der Waals surface area contributed by atoms with E-state index < -0.39 is 0 Å². The number of nitrogens with one attached hydrogen (secondary N) is 2. The van der Waals surface area contributed by atoms with E-state index in [1.165, 1.54) is 0 Å². The Morgan fingerprint density at radius 1 is 1.30 bits per heavy atom. The van der Waals surface area contributed by atoms with Gasteiger partial charge in [-0.15, -0.1) is 0 Å². The second kappa shape index (κ2) is 5.25. The number of fused-ring (bicyclic) bond motifs is 1. The maximum atomic E-state index is 12.1. The van der Waals surface area contributed by atoms with E-state index in [1.807, 2.05) is 18.2 Å². The Labute approximate surface area is 117 Å². The first kappa shape index (κ1) is 13.1. The van der Waals surface area contributed by atoms with Crippen LogP contribution in [0.4, 0.5) is 11.4 Å². The van der Waals surface area contributed by atoms with Crippen LogP contribution in [0.5, 0.6) is 0 Å². The van der Waals surface area contributed by atoms with Gasteiger partial charge in [0.25, 0.3) is 0 Å². The Kier molecular flexibility index (Phi) is 3.44. The van der Waals surface area contributed by atoms with E-state index in [1.54, 1.807) is 0 Å².